The molecular formula is C12H17FN2O. The molecule has 16 heavy (non-hydrogen) atoms. The van der Waals surface area contributed by atoms with Gasteiger partial charge >= 0.3 is 0 Å². The molecule has 1 aromatic rings. The molecule has 4 heteroatoms. The minimum atomic E-state index is -0.389. The normalized spacial score (nSPS) is 10.6. The molecule has 0 aromatic heterocycles. The van der Waals surface area contributed by atoms with Crippen molar-refractivity contribution in [2.75, 3.05) is 32.5 Å². The van der Waals surface area contributed by atoms with Crippen molar-refractivity contribution < 1.29 is 9.18 Å². The summed E-state index contributed by atoms with van der Waals surface area (Å²) in [6, 6.07) is 4.31. The van der Waals surface area contributed by atoms with Crippen molar-refractivity contribution in [3.8, 4) is 0 Å². The number of nitrogens with one attached hydrogen (secondary N) is 1. The molecule has 0 bridgehead atoms. The number of anilines is 1. The smallest absolute Gasteiger partial charge is 0.159 e. The molecule has 0 heterocycles. The molecule has 0 aliphatic rings. The minimum Gasteiger partial charge on any atom is -0.384 e. The maximum absolute atomic E-state index is 13.2. The Morgan fingerprint density at radius 3 is 2.62 bits per heavy atom. The van der Waals surface area contributed by atoms with Gasteiger partial charge in [0, 0.05) is 24.3 Å². The lowest BCUT2D eigenvalue weighted by Crippen LogP contribution is -2.20. The van der Waals surface area contributed by atoms with E-state index in [0.717, 1.165) is 6.54 Å². The van der Waals surface area contributed by atoms with Gasteiger partial charge in [0.15, 0.2) is 5.78 Å². The van der Waals surface area contributed by atoms with Crippen LogP contribution in [0.1, 0.15) is 17.3 Å². The van der Waals surface area contributed by atoms with Gasteiger partial charge in [-0.15, -0.1) is 0 Å². The molecule has 0 atom stereocenters. The fraction of sp³-hybridized carbons (Fsp3) is 0.417. The number of hydrogen-bond donors (Lipinski definition) is 1. The van der Waals surface area contributed by atoms with Crippen LogP contribution in [0.25, 0.3) is 0 Å². The van der Waals surface area contributed by atoms with Crippen LogP contribution in [0.15, 0.2) is 18.2 Å². The highest BCUT2D eigenvalue weighted by Crippen LogP contribution is 2.14. The van der Waals surface area contributed by atoms with E-state index in [1.165, 1.54) is 19.1 Å². The zero-order valence-electron chi connectivity index (χ0n) is 9.88. The Hall–Kier alpha value is -1.42. The minimum absolute atomic E-state index is 0.129. The predicted molar refractivity (Wildman–Crippen MR) is 63.4 cm³/mol. The molecule has 0 fully saturated rings. The zero-order chi connectivity index (χ0) is 12.1. The first-order valence-electron chi connectivity index (χ1n) is 5.19. The van der Waals surface area contributed by atoms with Crippen LogP contribution in [0.4, 0.5) is 10.1 Å². The molecular weight excluding hydrogens is 207 g/mol. The Balaban J connectivity index is 2.69. The second-order valence-electron chi connectivity index (χ2n) is 4.01. The topological polar surface area (TPSA) is 32.3 Å². The lowest BCUT2D eigenvalue weighted by molar-refractivity contribution is 0.101. The van der Waals surface area contributed by atoms with E-state index >= 15 is 0 Å². The molecule has 0 amide bonds. The van der Waals surface area contributed by atoms with Gasteiger partial charge in [0.1, 0.15) is 5.82 Å². The molecule has 0 aliphatic carbocycles. The lowest BCUT2D eigenvalue weighted by Gasteiger charge is -2.12. The quantitative estimate of drug-likeness (QED) is 0.776. The zero-order valence-corrected chi connectivity index (χ0v) is 9.88. The van der Waals surface area contributed by atoms with Crippen molar-refractivity contribution >= 4 is 11.5 Å². The third kappa shape index (κ3) is 3.98. The first-order chi connectivity index (χ1) is 7.49. The summed E-state index contributed by atoms with van der Waals surface area (Å²) in [5.41, 5.74) is 1.04. The van der Waals surface area contributed by atoms with Crippen molar-refractivity contribution in [3.05, 3.63) is 29.6 Å². The summed E-state index contributed by atoms with van der Waals surface area (Å²) in [5.74, 6) is -0.518. The SMILES string of the molecule is CC(=O)c1cc(F)cc(NCCN(C)C)c1. The molecule has 0 saturated heterocycles. The van der Waals surface area contributed by atoms with Crippen LogP contribution in [-0.2, 0) is 0 Å². The summed E-state index contributed by atoms with van der Waals surface area (Å²) < 4.78 is 13.2. The lowest BCUT2D eigenvalue weighted by atomic mass is 10.1. The molecule has 3 nitrogen and oxygen atoms in total. The molecule has 1 N–H and O–H groups in total. The summed E-state index contributed by atoms with van der Waals surface area (Å²) in [4.78, 5) is 13.2. The molecule has 1 aromatic carbocycles. The van der Waals surface area contributed by atoms with E-state index < -0.39 is 0 Å². The molecule has 88 valence electrons. The van der Waals surface area contributed by atoms with Crippen LogP contribution in [-0.4, -0.2) is 37.9 Å². The Labute approximate surface area is 95.3 Å². The summed E-state index contributed by atoms with van der Waals surface area (Å²) in [5, 5.41) is 3.08. The number of rotatable bonds is 5. The van der Waals surface area contributed by atoms with Gasteiger partial charge in [-0.1, -0.05) is 0 Å². The van der Waals surface area contributed by atoms with Gasteiger partial charge in [-0.25, -0.2) is 4.39 Å². The van der Waals surface area contributed by atoms with Crippen molar-refractivity contribution in [2.24, 2.45) is 0 Å². The number of likely N-dealkylation sites (N-methyl/N-ethyl adjacent to an activating group) is 1. The highest BCUT2D eigenvalue weighted by molar-refractivity contribution is 5.94. The van der Waals surface area contributed by atoms with E-state index in [1.54, 1.807) is 6.07 Å². The maximum atomic E-state index is 13.2. The van der Waals surface area contributed by atoms with Crippen LogP contribution in [0, 0.1) is 5.82 Å². The Morgan fingerprint density at radius 1 is 1.38 bits per heavy atom. The first kappa shape index (κ1) is 12.6. The summed E-state index contributed by atoms with van der Waals surface area (Å²) in [6.45, 7) is 3.00. The Bertz CT molecular complexity index is 377. The van der Waals surface area contributed by atoms with Gasteiger partial charge in [-0.05, 0) is 39.2 Å². The van der Waals surface area contributed by atoms with E-state index in [9.17, 15) is 9.18 Å². The maximum Gasteiger partial charge on any atom is 0.159 e. The highest BCUT2D eigenvalue weighted by Gasteiger charge is 2.04. The Kier molecular flexibility index (Phi) is 4.43. The number of carbonyl (C=O) groups is 1. The number of carbonyl (C=O) groups excluding carboxylic acids is 1. The molecule has 0 spiro atoms. The van der Waals surface area contributed by atoms with E-state index in [1.807, 2.05) is 19.0 Å². The van der Waals surface area contributed by atoms with Gasteiger partial charge in [-0.3, -0.25) is 4.79 Å². The van der Waals surface area contributed by atoms with Gasteiger partial charge in [-0.2, -0.15) is 0 Å². The number of halogens is 1. The van der Waals surface area contributed by atoms with E-state index in [0.29, 0.717) is 17.8 Å². The average molecular weight is 224 g/mol. The van der Waals surface area contributed by atoms with E-state index in [2.05, 4.69) is 5.32 Å². The van der Waals surface area contributed by atoms with Crippen molar-refractivity contribution in [1.82, 2.24) is 4.90 Å². The summed E-state index contributed by atoms with van der Waals surface area (Å²) >= 11 is 0. The number of ketones is 1. The van der Waals surface area contributed by atoms with Crippen LogP contribution < -0.4 is 5.32 Å². The molecule has 0 aliphatic heterocycles. The van der Waals surface area contributed by atoms with Gasteiger partial charge < -0.3 is 10.2 Å². The van der Waals surface area contributed by atoms with Crippen molar-refractivity contribution in [1.29, 1.82) is 0 Å². The largest absolute Gasteiger partial charge is 0.384 e. The molecule has 0 radical (unpaired) electrons. The monoisotopic (exact) mass is 224 g/mol. The second-order valence-corrected chi connectivity index (χ2v) is 4.01. The van der Waals surface area contributed by atoms with Gasteiger partial charge in [0.2, 0.25) is 0 Å². The third-order valence-electron chi connectivity index (χ3n) is 2.19. The fourth-order valence-electron chi connectivity index (χ4n) is 1.32. The fourth-order valence-corrected chi connectivity index (χ4v) is 1.32. The second kappa shape index (κ2) is 5.61. The number of nitrogens with zero attached hydrogens (tertiary/aromatic N) is 1. The van der Waals surface area contributed by atoms with Crippen LogP contribution in [0.5, 0.6) is 0 Å². The van der Waals surface area contributed by atoms with Gasteiger partial charge in [0.25, 0.3) is 0 Å². The van der Waals surface area contributed by atoms with Crippen molar-refractivity contribution in [3.63, 3.8) is 0 Å². The number of benzene rings is 1. The highest BCUT2D eigenvalue weighted by atomic mass is 19.1. The predicted octanol–water partition coefficient (Wildman–Crippen LogP) is 2.00. The number of hydrogen-bond acceptors (Lipinski definition) is 3. The van der Waals surface area contributed by atoms with E-state index in [4.69, 9.17) is 0 Å². The van der Waals surface area contributed by atoms with E-state index in [-0.39, 0.29) is 11.6 Å². The first-order valence-corrected chi connectivity index (χ1v) is 5.19. The molecule has 0 saturated carbocycles. The standard InChI is InChI=1S/C12H17FN2O/c1-9(16)10-6-11(13)8-12(7-10)14-4-5-15(2)3/h6-8,14H,4-5H2,1-3H3. The van der Waals surface area contributed by atoms with Crippen LogP contribution in [0.2, 0.25) is 0 Å². The van der Waals surface area contributed by atoms with Gasteiger partial charge in [0.05, 0.1) is 0 Å². The third-order valence-corrected chi connectivity index (χ3v) is 2.19. The summed E-state index contributed by atoms with van der Waals surface area (Å²) in [7, 11) is 3.93. The Morgan fingerprint density at radius 2 is 2.06 bits per heavy atom. The summed E-state index contributed by atoms with van der Waals surface area (Å²) in [6.07, 6.45) is 0. The molecule has 0 unspecified atom stereocenters. The number of Topliss-reactive ketones (excluding diaryl/α,β-unsaturated/α-hetero) is 1. The van der Waals surface area contributed by atoms with Crippen molar-refractivity contribution in [2.45, 2.75) is 6.92 Å². The molecule has 1 rings (SSSR count). The van der Waals surface area contributed by atoms with Crippen LogP contribution in [0.3, 0.4) is 0 Å². The van der Waals surface area contributed by atoms with Crippen LogP contribution >= 0.6 is 0 Å². The average Bonchev–Trinajstić information content (AvgIpc) is 2.16.